The second kappa shape index (κ2) is 5.20. The van der Waals surface area contributed by atoms with Crippen molar-refractivity contribution in [2.75, 3.05) is 7.11 Å². The number of hydrogen-bond acceptors (Lipinski definition) is 4. The average molecular weight is 227 g/mol. The third-order valence-corrected chi connectivity index (χ3v) is 2.05. The number of methoxy groups -OCH3 is 1. The second-order valence-electron chi connectivity index (χ2n) is 3.12. The maximum atomic E-state index is 13.1. The van der Waals surface area contributed by atoms with Crippen LogP contribution in [0.3, 0.4) is 0 Å². The summed E-state index contributed by atoms with van der Waals surface area (Å²) in [4.78, 5) is 20.4. The lowest BCUT2D eigenvalue weighted by molar-refractivity contribution is -0.387. The molecule has 6 heteroatoms. The highest BCUT2D eigenvalue weighted by Crippen LogP contribution is 2.18. The summed E-state index contributed by atoms with van der Waals surface area (Å²) >= 11 is 0. The van der Waals surface area contributed by atoms with E-state index in [1.54, 1.807) is 0 Å². The van der Waals surface area contributed by atoms with E-state index in [9.17, 15) is 19.3 Å². The molecule has 0 atom stereocenters. The molecule has 5 nitrogen and oxygen atoms in total. The Morgan fingerprint density at radius 2 is 2.25 bits per heavy atom. The van der Waals surface area contributed by atoms with Gasteiger partial charge in [-0.2, -0.15) is 4.39 Å². The first-order chi connectivity index (χ1) is 7.54. The van der Waals surface area contributed by atoms with E-state index in [4.69, 9.17) is 0 Å². The molecule has 1 aromatic rings. The van der Waals surface area contributed by atoms with Crippen molar-refractivity contribution in [3.8, 4) is 0 Å². The first-order valence-corrected chi connectivity index (χ1v) is 4.54. The van der Waals surface area contributed by atoms with Crippen LogP contribution in [-0.2, 0) is 16.0 Å². The van der Waals surface area contributed by atoms with E-state index in [1.165, 1.54) is 13.2 Å². The van der Waals surface area contributed by atoms with Gasteiger partial charge in [0, 0.05) is 12.5 Å². The van der Waals surface area contributed by atoms with Gasteiger partial charge >= 0.3 is 11.7 Å². The van der Waals surface area contributed by atoms with Gasteiger partial charge in [0.2, 0.25) is 5.82 Å². The molecule has 0 aliphatic rings. The van der Waals surface area contributed by atoms with Crippen LogP contribution in [0.25, 0.3) is 0 Å². The molecule has 0 bridgehead atoms. The summed E-state index contributed by atoms with van der Waals surface area (Å²) < 4.78 is 17.6. The number of nitrogens with zero attached hydrogens (tertiary/aromatic N) is 1. The van der Waals surface area contributed by atoms with Gasteiger partial charge in [-0.05, 0) is 18.1 Å². The van der Waals surface area contributed by atoms with Crippen molar-refractivity contribution < 1.29 is 18.8 Å². The topological polar surface area (TPSA) is 69.4 Å². The van der Waals surface area contributed by atoms with Crippen molar-refractivity contribution in [3.63, 3.8) is 0 Å². The lowest BCUT2D eigenvalue weighted by Gasteiger charge is -2.01. The number of nitro benzene ring substituents is 1. The number of hydrogen-bond donors (Lipinski definition) is 0. The van der Waals surface area contributed by atoms with Gasteiger partial charge in [0.25, 0.3) is 0 Å². The molecule has 0 fully saturated rings. The minimum Gasteiger partial charge on any atom is -0.469 e. The monoisotopic (exact) mass is 227 g/mol. The van der Waals surface area contributed by atoms with Crippen molar-refractivity contribution in [3.05, 3.63) is 39.7 Å². The van der Waals surface area contributed by atoms with Crippen molar-refractivity contribution >= 4 is 11.7 Å². The molecule has 86 valence electrons. The molecule has 1 rings (SSSR count). The Morgan fingerprint density at radius 1 is 1.56 bits per heavy atom. The third-order valence-electron chi connectivity index (χ3n) is 2.05. The van der Waals surface area contributed by atoms with E-state index in [1.807, 2.05) is 0 Å². The van der Waals surface area contributed by atoms with Crippen LogP contribution in [0.4, 0.5) is 10.1 Å². The van der Waals surface area contributed by atoms with Gasteiger partial charge in [0.1, 0.15) is 0 Å². The zero-order valence-corrected chi connectivity index (χ0v) is 8.60. The SMILES string of the molecule is COC(=O)CCc1ccc([N+](=O)[O-])c(F)c1. The normalized spacial score (nSPS) is 9.88. The number of esters is 1. The molecule has 0 aliphatic heterocycles. The van der Waals surface area contributed by atoms with Crippen molar-refractivity contribution in [1.29, 1.82) is 0 Å². The van der Waals surface area contributed by atoms with Gasteiger partial charge in [-0.25, -0.2) is 0 Å². The zero-order valence-electron chi connectivity index (χ0n) is 8.60. The van der Waals surface area contributed by atoms with Crippen LogP contribution in [0, 0.1) is 15.9 Å². The van der Waals surface area contributed by atoms with E-state index in [-0.39, 0.29) is 6.42 Å². The highest BCUT2D eigenvalue weighted by atomic mass is 19.1. The van der Waals surface area contributed by atoms with E-state index in [2.05, 4.69) is 4.74 Å². The molecule has 0 amide bonds. The van der Waals surface area contributed by atoms with Crippen LogP contribution in [0.5, 0.6) is 0 Å². The van der Waals surface area contributed by atoms with E-state index in [0.29, 0.717) is 12.0 Å². The van der Waals surface area contributed by atoms with E-state index in [0.717, 1.165) is 12.1 Å². The number of rotatable bonds is 4. The molecule has 0 aliphatic carbocycles. The number of ether oxygens (including phenoxy) is 1. The molecule has 16 heavy (non-hydrogen) atoms. The summed E-state index contributed by atoms with van der Waals surface area (Å²) in [5.41, 5.74) is -0.0460. The van der Waals surface area contributed by atoms with Crippen molar-refractivity contribution in [2.24, 2.45) is 0 Å². The number of carbonyl (C=O) groups is 1. The third kappa shape index (κ3) is 3.01. The molecule has 0 N–H and O–H groups in total. The van der Waals surface area contributed by atoms with Crippen molar-refractivity contribution in [2.45, 2.75) is 12.8 Å². The number of benzene rings is 1. The first kappa shape index (κ1) is 12.1. The van der Waals surface area contributed by atoms with Gasteiger partial charge in [-0.1, -0.05) is 6.07 Å². The van der Waals surface area contributed by atoms with Gasteiger partial charge in [0.15, 0.2) is 0 Å². The Balaban J connectivity index is 2.74. The van der Waals surface area contributed by atoms with Crippen molar-refractivity contribution in [1.82, 2.24) is 0 Å². The summed E-state index contributed by atoms with van der Waals surface area (Å²) in [6.07, 6.45) is 0.412. The van der Waals surface area contributed by atoms with Gasteiger partial charge in [-0.3, -0.25) is 14.9 Å². The first-order valence-electron chi connectivity index (χ1n) is 4.54. The van der Waals surface area contributed by atoms with Gasteiger partial charge in [0.05, 0.1) is 12.0 Å². The van der Waals surface area contributed by atoms with Crippen LogP contribution in [0.1, 0.15) is 12.0 Å². The Bertz CT molecular complexity index is 419. The summed E-state index contributed by atoms with van der Waals surface area (Å²) in [5.74, 6) is -1.30. The smallest absolute Gasteiger partial charge is 0.305 e. The minimum absolute atomic E-state index is 0.119. The predicted molar refractivity (Wildman–Crippen MR) is 53.4 cm³/mol. The van der Waals surface area contributed by atoms with Crippen LogP contribution in [0.15, 0.2) is 18.2 Å². The number of carbonyl (C=O) groups excluding carboxylic acids is 1. The fourth-order valence-electron chi connectivity index (χ4n) is 1.20. The quantitative estimate of drug-likeness (QED) is 0.447. The maximum Gasteiger partial charge on any atom is 0.305 e. The zero-order chi connectivity index (χ0) is 12.1. The number of nitro groups is 1. The Kier molecular flexibility index (Phi) is 3.93. The van der Waals surface area contributed by atoms with Gasteiger partial charge in [-0.15, -0.1) is 0 Å². The number of aryl methyl sites for hydroxylation is 1. The Hall–Kier alpha value is -1.98. The second-order valence-corrected chi connectivity index (χ2v) is 3.12. The summed E-state index contributed by atoms with van der Waals surface area (Å²) in [6.45, 7) is 0. The van der Waals surface area contributed by atoms with E-state index >= 15 is 0 Å². The molecule has 0 heterocycles. The predicted octanol–water partition coefficient (Wildman–Crippen LogP) is 1.84. The molecule has 0 aromatic heterocycles. The minimum atomic E-state index is -0.896. The molecular formula is C10H10FNO4. The molecule has 0 radical (unpaired) electrons. The average Bonchev–Trinajstić information content (AvgIpc) is 2.25. The standard InChI is InChI=1S/C10H10FNO4/c1-16-10(13)5-3-7-2-4-9(12(14)15)8(11)6-7/h2,4,6H,3,5H2,1H3. The maximum absolute atomic E-state index is 13.1. The molecule has 0 unspecified atom stereocenters. The lowest BCUT2D eigenvalue weighted by atomic mass is 10.1. The van der Waals surface area contributed by atoms with Gasteiger partial charge < -0.3 is 4.74 Å². The summed E-state index contributed by atoms with van der Waals surface area (Å²) in [5, 5.41) is 10.3. The largest absolute Gasteiger partial charge is 0.469 e. The highest BCUT2D eigenvalue weighted by Gasteiger charge is 2.13. The molecule has 0 saturated heterocycles. The molecule has 0 saturated carbocycles. The fraction of sp³-hybridized carbons (Fsp3) is 0.300. The van der Waals surface area contributed by atoms with Crippen LogP contribution >= 0.6 is 0 Å². The summed E-state index contributed by atoms with van der Waals surface area (Å²) in [6, 6.07) is 3.56. The molecule has 1 aromatic carbocycles. The molecule has 0 spiro atoms. The fourth-order valence-corrected chi connectivity index (χ4v) is 1.20. The number of halogens is 1. The van der Waals surface area contributed by atoms with Crippen LogP contribution < -0.4 is 0 Å². The Morgan fingerprint density at radius 3 is 2.75 bits per heavy atom. The Labute approximate surface area is 91.0 Å². The lowest BCUT2D eigenvalue weighted by Crippen LogP contribution is -2.02. The molecular weight excluding hydrogens is 217 g/mol. The van der Waals surface area contributed by atoms with Crippen LogP contribution in [0.2, 0.25) is 0 Å². The summed E-state index contributed by atoms with van der Waals surface area (Å²) in [7, 11) is 1.26. The highest BCUT2D eigenvalue weighted by molar-refractivity contribution is 5.69. The van der Waals surface area contributed by atoms with E-state index < -0.39 is 22.4 Å². The van der Waals surface area contributed by atoms with Crippen LogP contribution in [-0.4, -0.2) is 18.0 Å².